The van der Waals surface area contributed by atoms with Gasteiger partial charge in [0.05, 0.1) is 10.6 Å². The summed E-state index contributed by atoms with van der Waals surface area (Å²) < 4.78 is 0. The lowest BCUT2D eigenvalue weighted by Crippen LogP contribution is -2.49. The molecule has 1 aromatic heterocycles. The molecule has 0 aliphatic carbocycles. The Morgan fingerprint density at radius 2 is 1.79 bits per heavy atom. The van der Waals surface area contributed by atoms with Crippen LogP contribution in [0.1, 0.15) is 10.4 Å². The van der Waals surface area contributed by atoms with E-state index in [1.807, 2.05) is 23.1 Å². The summed E-state index contributed by atoms with van der Waals surface area (Å²) in [5.41, 5.74) is 6.72. The first kappa shape index (κ1) is 20.4. The number of piperazine rings is 1. The molecule has 1 aliphatic rings. The van der Waals surface area contributed by atoms with Crippen LogP contribution in [0.3, 0.4) is 0 Å². The standard InChI is InChI=1S/C16H17ClN4O.2ClH/c17-14-11-12(18)4-5-13(14)16(22)21-9-7-20(8-10-21)15-3-1-2-6-19-15;;/h1-6,11H,7-10,18H2;2*1H. The van der Waals surface area contributed by atoms with Gasteiger partial charge >= 0.3 is 0 Å². The minimum Gasteiger partial charge on any atom is -0.399 e. The van der Waals surface area contributed by atoms with Gasteiger partial charge in [-0.05, 0) is 30.3 Å². The van der Waals surface area contributed by atoms with Crippen molar-refractivity contribution in [1.82, 2.24) is 9.88 Å². The summed E-state index contributed by atoms with van der Waals surface area (Å²) in [6.45, 7) is 2.82. The lowest BCUT2D eigenvalue weighted by atomic mass is 10.1. The molecular formula is C16H19Cl3N4O. The first-order valence-corrected chi connectivity index (χ1v) is 7.53. The number of halogens is 3. The molecule has 0 atom stereocenters. The van der Waals surface area contributed by atoms with Gasteiger partial charge in [-0.15, -0.1) is 24.8 Å². The van der Waals surface area contributed by atoms with E-state index in [0.717, 1.165) is 18.9 Å². The summed E-state index contributed by atoms with van der Waals surface area (Å²) >= 11 is 6.12. The Labute approximate surface area is 158 Å². The van der Waals surface area contributed by atoms with E-state index in [-0.39, 0.29) is 30.7 Å². The molecule has 24 heavy (non-hydrogen) atoms. The van der Waals surface area contributed by atoms with Crippen LogP contribution in [0.25, 0.3) is 0 Å². The highest BCUT2D eigenvalue weighted by Gasteiger charge is 2.24. The summed E-state index contributed by atoms with van der Waals surface area (Å²) in [4.78, 5) is 20.9. The van der Waals surface area contributed by atoms with Gasteiger partial charge in [-0.25, -0.2) is 4.98 Å². The number of anilines is 2. The van der Waals surface area contributed by atoms with E-state index >= 15 is 0 Å². The summed E-state index contributed by atoms with van der Waals surface area (Å²) in [6, 6.07) is 10.8. The van der Waals surface area contributed by atoms with E-state index in [2.05, 4.69) is 9.88 Å². The van der Waals surface area contributed by atoms with Gasteiger partial charge in [-0.1, -0.05) is 17.7 Å². The molecule has 1 amide bonds. The van der Waals surface area contributed by atoms with Crippen LogP contribution in [-0.4, -0.2) is 42.0 Å². The number of carbonyl (C=O) groups is 1. The highest BCUT2D eigenvalue weighted by atomic mass is 35.5. The van der Waals surface area contributed by atoms with Crippen molar-refractivity contribution in [3.05, 3.63) is 53.2 Å². The highest BCUT2D eigenvalue weighted by Crippen LogP contribution is 2.22. The zero-order valence-electron chi connectivity index (χ0n) is 12.9. The lowest BCUT2D eigenvalue weighted by Gasteiger charge is -2.35. The number of aromatic nitrogens is 1. The van der Waals surface area contributed by atoms with Crippen molar-refractivity contribution in [2.75, 3.05) is 36.8 Å². The largest absolute Gasteiger partial charge is 0.399 e. The van der Waals surface area contributed by atoms with Gasteiger partial charge in [0.2, 0.25) is 0 Å². The van der Waals surface area contributed by atoms with Crippen LogP contribution in [0.5, 0.6) is 0 Å². The molecule has 5 nitrogen and oxygen atoms in total. The van der Waals surface area contributed by atoms with Crippen LogP contribution in [-0.2, 0) is 0 Å². The topological polar surface area (TPSA) is 62.5 Å². The highest BCUT2D eigenvalue weighted by molar-refractivity contribution is 6.34. The van der Waals surface area contributed by atoms with Crippen molar-refractivity contribution in [3.8, 4) is 0 Å². The van der Waals surface area contributed by atoms with Crippen molar-refractivity contribution >= 4 is 53.8 Å². The average Bonchev–Trinajstić information content (AvgIpc) is 2.55. The summed E-state index contributed by atoms with van der Waals surface area (Å²) in [5, 5.41) is 0.400. The minimum absolute atomic E-state index is 0. The Kier molecular flexibility index (Phi) is 7.60. The van der Waals surface area contributed by atoms with E-state index in [9.17, 15) is 4.79 Å². The number of benzene rings is 1. The Bertz CT molecular complexity index is 676. The van der Waals surface area contributed by atoms with Crippen LogP contribution in [0.15, 0.2) is 42.6 Å². The van der Waals surface area contributed by atoms with E-state index in [1.165, 1.54) is 0 Å². The van der Waals surface area contributed by atoms with E-state index < -0.39 is 0 Å². The van der Waals surface area contributed by atoms with Crippen molar-refractivity contribution in [1.29, 1.82) is 0 Å². The average molecular weight is 390 g/mol. The quantitative estimate of drug-likeness (QED) is 0.802. The molecule has 2 heterocycles. The van der Waals surface area contributed by atoms with Gasteiger partial charge in [0.15, 0.2) is 0 Å². The van der Waals surface area contributed by atoms with Gasteiger partial charge in [0.25, 0.3) is 5.91 Å². The van der Waals surface area contributed by atoms with Gasteiger partial charge in [0, 0.05) is 38.1 Å². The monoisotopic (exact) mass is 388 g/mol. The second kappa shape index (κ2) is 8.97. The molecule has 0 saturated carbocycles. The fourth-order valence-corrected chi connectivity index (χ4v) is 2.82. The smallest absolute Gasteiger partial charge is 0.255 e. The van der Waals surface area contributed by atoms with Gasteiger partial charge in [-0.3, -0.25) is 4.79 Å². The van der Waals surface area contributed by atoms with Gasteiger partial charge < -0.3 is 15.5 Å². The normalized spacial score (nSPS) is 13.7. The van der Waals surface area contributed by atoms with Gasteiger partial charge in [-0.2, -0.15) is 0 Å². The maximum Gasteiger partial charge on any atom is 0.255 e. The number of nitrogens with two attached hydrogens (primary N) is 1. The van der Waals surface area contributed by atoms with Gasteiger partial charge in [0.1, 0.15) is 5.82 Å². The molecule has 1 saturated heterocycles. The number of pyridine rings is 1. The molecule has 3 rings (SSSR count). The molecule has 1 aliphatic heterocycles. The van der Waals surface area contributed by atoms with E-state index in [0.29, 0.717) is 29.4 Å². The zero-order valence-corrected chi connectivity index (χ0v) is 15.3. The predicted molar refractivity (Wildman–Crippen MR) is 103 cm³/mol. The summed E-state index contributed by atoms with van der Waals surface area (Å²) in [5.74, 6) is 0.894. The van der Waals surface area contributed by atoms with E-state index in [4.69, 9.17) is 17.3 Å². The molecule has 1 fully saturated rings. The van der Waals surface area contributed by atoms with E-state index in [1.54, 1.807) is 24.4 Å². The third-order valence-electron chi connectivity index (χ3n) is 3.76. The number of nitrogens with zero attached hydrogens (tertiary/aromatic N) is 3. The second-order valence-electron chi connectivity index (χ2n) is 5.21. The molecule has 0 unspecified atom stereocenters. The third-order valence-corrected chi connectivity index (χ3v) is 4.08. The molecule has 0 bridgehead atoms. The molecule has 2 N–H and O–H groups in total. The fourth-order valence-electron chi connectivity index (χ4n) is 2.55. The second-order valence-corrected chi connectivity index (χ2v) is 5.61. The third kappa shape index (κ3) is 4.44. The van der Waals surface area contributed by atoms with Crippen LogP contribution in [0.4, 0.5) is 11.5 Å². The van der Waals surface area contributed by atoms with Crippen LogP contribution >= 0.6 is 36.4 Å². The Morgan fingerprint density at radius 3 is 2.38 bits per heavy atom. The van der Waals surface area contributed by atoms with Crippen molar-refractivity contribution < 1.29 is 4.79 Å². The Morgan fingerprint density at radius 1 is 1.08 bits per heavy atom. The lowest BCUT2D eigenvalue weighted by molar-refractivity contribution is 0.0746. The Hall–Kier alpha value is -1.69. The molecule has 2 aromatic rings. The maximum atomic E-state index is 12.5. The molecule has 8 heteroatoms. The number of hydrogen-bond acceptors (Lipinski definition) is 4. The molecular weight excluding hydrogens is 371 g/mol. The van der Waals surface area contributed by atoms with Crippen molar-refractivity contribution in [2.45, 2.75) is 0 Å². The molecule has 0 spiro atoms. The van der Waals surface area contributed by atoms with Crippen LogP contribution < -0.4 is 10.6 Å². The molecule has 1 aromatic carbocycles. The minimum atomic E-state index is -0.0503. The number of nitrogen functional groups attached to an aromatic ring is 1. The first-order valence-electron chi connectivity index (χ1n) is 7.15. The zero-order chi connectivity index (χ0) is 15.5. The predicted octanol–water partition coefficient (Wildman–Crippen LogP) is 3.12. The van der Waals surface area contributed by atoms with Crippen LogP contribution in [0, 0.1) is 0 Å². The fraction of sp³-hybridized carbons (Fsp3) is 0.250. The number of amides is 1. The number of rotatable bonds is 2. The molecule has 130 valence electrons. The van der Waals surface area contributed by atoms with Crippen LogP contribution in [0.2, 0.25) is 5.02 Å². The summed E-state index contributed by atoms with van der Waals surface area (Å²) in [6.07, 6.45) is 1.78. The first-order chi connectivity index (χ1) is 10.6. The number of hydrogen-bond donors (Lipinski definition) is 1. The SMILES string of the molecule is Cl.Cl.Nc1ccc(C(=O)N2CCN(c3ccccn3)CC2)c(Cl)c1. The number of carbonyl (C=O) groups excluding carboxylic acids is 1. The summed E-state index contributed by atoms with van der Waals surface area (Å²) in [7, 11) is 0. The maximum absolute atomic E-state index is 12.5. The van der Waals surface area contributed by atoms with Crippen molar-refractivity contribution in [2.24, 2.45) is 0 Å². The molecule has 0 radical (unpaired) electrons. The Balaban J connectivity index is 0.00000144. The van der Waals surface area contributed by atoms with Crippen molar-refractivity contribution in [3.63, 3.8) is 0 Å².